The smallest absolute Gasteiger partial charge is 0.234 e. The average molecular weight is 224 g/mol. The molecule has 0 unspecified atom stereocenters. The van der Waals surface area contributed by atoms with Crippen molar-refractivity contribution in [2.75, 3.05) is 13.1 Å². The molecule has 1 amide bonds. The summed E-state index contributed by atoms with van der Waals surface area (Å²) in [6.45, 7) is 6.78. The molecule has 92 valence electrons. The van der Waals surface area contributed by atoms with E-state index in [1.54, 1.807) is 0 Å². The highest BCUT2D eigenvalue weighted by Crippen LogP contribution is 2.39. The average Bonchev–Trinajstić information content (AvgIpc) is 2.57. The molecule has 2 rings (SSSR count). The minimum atomic E-state index is -0.128. The second kappa shape index (κ2) is 4.74. The van der Waals surface area contributed by atoms with Gasteiger partial charge in [-0.25, -0.2) is 0 Å². The Bertz CT molecular complexity index is 259. The summed E-state index contributed by atoms with van der Waals surface area (Å²) in [5, 5.41) is 0. The first-order chi connectivity index (χ1) is 7.58. The monoisotopic (exact) mass is 224 g/mol. The van der Waals surface area contributed by atoms with E-state index < -0.39 is 0 Å². The zero-order chi connectivity index (χ0) is 11.7. The molecule has 0 aromatic heterocycles. The molecule has 1 saturated carbocycles. The van der Waals surface area contributed by atoms with E-state index in [9.17, 15) is 4.79 Å². The van der Waals surface area contributed by atoms with E-state index in [0.717, 1.165) is 43.7 Å². The summed E-state index contributed by atoms with van der Waals surface area (Å²) >= 11 is 0. The summed E-state index contributed by atoms with van der Waals surface area (Å²) in [4.78, 5) is 13.6. The Morgan fingerprint density at radius 1 is 1.44 bits per heavy atom. The van der Waals surface area contributed by atoms with Crippen LogP contribution in [0.5, 0.6) is 0 Å². The summed E-state index contributed by atoms with van der Waals surface area (Å²) in [5.41, 5.74) is 5.42. The van der Waals surface area contributed by atoms with Crippen molar-refractivity contribution >= 4 is 5.91 Å². The summed E-state index contributed by atoms with van der Waals surface area (Å²) < 4.78 is 0. The van der Waals surface area contributed by atoms with Gasteiger partial charge in [-0.1, -0.05) is 13.8 Å². The Kier molecular flexibility index (Phi) is 3.53. The first-order valence-corrected chi connectivity index (χ1v) is 6.61. The van der Waals surface area contributed by atoms with Crippen LogP contribution in [0.25, 0.3) is 0 Å². The Labute approximate surface area is 98.4 Å². The normalized spacial score (nSPS) is 35.3. The Morgan fingerprint density at radius 3 is 2.69 bits per heavy atom. The zero-order valence-electron chi connectivity index (χ0n) is 10.5. The maximum absolute atomic E-state index is 11.3. The number of likely N-dealkylation sites (tertiary alicyclic amines) is 1. The minimum absolute atomic E-state index is 0.0260. The van der Waals surface area contributed by atoms with E-state index in [1.165, 1.54) is 12.8 Å². The molecule has 2 fully saturated rings. The molecule has 1 aliphatic heterocycles. The summed E-state index contributed by atoms with van der Waals surface area (Å²) in [6, 6.07) is 0.0260. The third kappa shape index (κ3) is 2.40. The van der Waals surface area contributed by atoms with Gasteiger partial charge in [0.15, 0.2) is 0 Å². The number of primary amides is 1. The molecule has 3 heteroatoms. The third-order valence-electron chi connectivity index (χ3n) is 4.40. The topological polar surface area (TPSA) is 46.3 Å². The number of hydrogen-bond acceptors (Lipinski definition) is 2. The van der Waals surface area contributed by atoms with E-state index in [1.807, 2.05) is 0 Å². The molecule has 3 nitrogen and oxygen atoms in total. The van der Waals surface area contributed by atoms with Gasteiger partial charge in [0.25, 0.3) is 0 Å². The van der Waals surface area contributed by atoms with Crippen molar-refractivity contribution in [3.05, 3.63) is 0 Å². The van der Waals surface area contributed by atoms with Crippen LogP contribution in [-0.4, -0.2) is 29.9 Å². The fourth-order valence-corrected chi connectivity index (χ4v) is 3.18. The van der Waals surface area contributed by atoms with E-state index in [0.29, 0.717) is 0 Å². The lowest BCUT2D eigenvalue weighted by atomic mass is 9.69. The molecule has 1 heterocycles. The van der Waals surface area contributed by atoms with Crippen molar-refractivity contribution in [2.24, 2.45) is 23.5 Å². The van der Waals surface area contributed by atoms with Crippen molar-refractivity contribution < 1.29 is 4.79 Å². The fourth-order valence-electron chi connectivity index (χ4n) is 3.18. The number of carbonyl (C=O) groups is 1. The van der Waals surface area contributed by atoms with Crippen LogP contribution in [0, 0.1) is 17.8 Å². The van der Waals surface area contributed by atoms with Crippen LogP contribution in [0.3, 0.4) is 0 Å². The second-order valence-corrected chi connectivity index (χ2v) is 5.90. The van der Waals surface area contributed by atoms with Gasteiger partial charge in [-0.3, -0.25) is 9.69 Å². The number of hydrogen-bond donors (Lipinski definition) is 1. The molecule has 0 radical (unpaired) electrons. The molecule has 0 aromatic rings. The number of amides is 1. The van der Waals surface area contributed by atoms with Crippen LogP contribution in [0.4, 0.5) is 0 Å². The van der Waals surface area contributed by atoms with Crippen LogP contribution in [0.1, 0.15) is 39.5 Å². The summed E-state index contributed by atoms with van der Waals surface area (Å²) in [6.07, 6.45) is 4.79. The Balaban J connectivity index is 1.76. The van der Waals surface area contributed by atoms with Crippen molar-refractivity contribution in [1.82, 2.24) is 4.90 Å². The molecule has 0 spiro atoms. The van der Waals surface area contributed by atoms with Gasteiger partial charge in [0.2, 0.25) is 5.91 Å². The lowest BCUT2D eigenvalue weighted by molar-refractivity contribution is -0.122. The van der Waals surface area contributed by atoms with Crippen molar-refractivity contribution in [2.45, 2.75) is 45.6 Å². The van der Waals surface area contributed by atoms with Crippen molar-refractivity contribution in [3.63, 3.8) is 0 Å². The van der Waals surface area contributed by atoms with Gasteiger partial charge < -0.3 is 5.73 Å². The predicted octanol–water partition coefficient (Wildman–Crippen LogP) is 1.62. The van der Waals surface area contributed by atoms with Gasteiger partial charge in [-0.2, -0.15) is 0 Å². The molecule has 1 atom stereocenters. The number of nitrogens with zero attached hydrogens (tertiary/aromatic N) is 1. The largest absolute Gasteiger partial charge is 0.368 e. The van der Waals surface area contributed by atoms with Gasteiger partial charge in [-0.15, -0.1) is 0 Å². The molecule has 0 aromatic carbocycles. The van der Waals surface area contributed by atoms with Crippen molar-refractivity contribution in [3.8, 4) is 0 Å². The standard InChI is InChI=1S/C13H24N2O/c1-9(2)11-6-10(7-11)8-15-5-3-4-12(15)13(14)16/h9-12H,3-8H2,1-2H3,(H2,14,16)/t10-,11-,12-/m1/s1. The molecular weight excluding hydrogens is 200 g/mol. The first-order valence-electron chi connectivity index (χ1n) is 6.61. The van der Waals surface area contributed by atoms with Gasteiger partial charge in [0.1, 0.15) is 0 Å². The van der Waals surface area contributed by atoms with Crippen LogP contribution in [-0.2, 0) is 4.79 Å². The molecule has 1 aliphatic carbocycles. The minimum Gasteiger partial charge on any atom is -0.368 e. The maximum Gasteiger partial charge on any atom is 0.234 e. The highest BCUT2D eigenvalue weighted by atomic mass is 16.1. The molecule has 1 saturated heterocycles. The maximum atomic E-state index is 11.3. The van der Waals surface area contributed by atoms with Crippen LogP contribution in [0.2, 0.25) is 0 Å². The lowest BCUT2D eigenvalue weighted by Crippen LogP contribution is -2.45. The molecule has 0 bridgehead atoms. The Morgan fingerprint density at radius 2 is 2.12 bits per heavy atom. The fraction of sp³-hybridized carbons (Fsp3) is 0.923. The highest BCUT2D eigenvalue weighted by Gasteiger charge is 2.36. The van der Waals surface area contributed by atoms with Crippen molar-refractivity contribution in [1.29, 1.82) is 0 Å². The van der Waals surface area contributed by atoms with E-state index in [2.05, 4.69) is 18.7 Å². The van der Waals surface area contributed by atoms with E-state index in [4.69, 9.17) is 5.73 Å². The molecule has 2 N–H and O–H groups in total. The summed E-state index contributed by atoms with van der Waals surface area (Å²) in [5.74, 6) is 2.42. The second-order valence-electron chi connectivity index (χ2n) is 5.90. The zero-order valence-corrected chi connectivity index (χ0v) is 10.5. The Hall–Kier alpha value is -0.570. The van der Waals surface area contributed by atoms with Gasteiger partial charge >= 0.3 is 0 Å². The van der Waals surface area contributed by atoms with Gasteiger partial charge in [0, 0.05) is 6.54 Å². The number of nitrogens with two attached hydrogens (primary N) is 1. The quantitative estimate of drug-likeness (QED) is 0.788. The molecule has 2 aliphatic rings. The van der Waals surface area contributed by atoms with Gasteiger partial charge in [0.05, 0.1) is 6.04 Å². The third-order valence-corrected chi connectivity index (χ3v) is 4.40. The molecule has 16 heavy (non-hydrogen) atoms. The predicted molar refractivity (Wildman–Crippen MR) is 64.8 cm³/mol. The first kappa shape index (κ1) is 11.9. The highest BCUT2D eigenvalue weighted by molar-refractivity contribution is 5.80. The van der Waals surface area contributed by atoms with Crippen LogP contribution in [0.15, 0.2) is 0 Å². The number of rotatable bonds is 4. The summed E-state index contributed by atoms with van der Waals surface area (Å²) in [7, 11) is 0. The number of carbonyl (C=O) groups excluding carboxylic acids is 1. The van der Waals surface area contributed by atoms with E-state index >= 15 is 0 Å². The van der Waals surface area contributed by atoms with Crippen LogP contribution < -0.4 is 5.73 Å². The lowest BCUT2D eigenvalue weighted by Gasteiger charge is -2.40. The molecular formula is C13H24N2O. The van der Waals surface area contributed by atoms with Gasteiger partial charge in [-0.05, 0) is 50.0 Å². The van der Waals surface area contributed by atoms with Crippen LogP contribution >= 0.6 is 0 Å². The van der Waals surface area contributed by atoms with E-state index in [-0.39, 0.29) is 11.9 Å². The SMILES string of the molecule is CC(C)[C@H]1C[C@H](CN2CCC[C@@H]2C(N)=O)C1.